The first-order valence-corrected chi connectivity index (χ1v) is 11.7. The predicted octanol–water partition coefficient (Wildman–Crippen LogP) is 4.25. The van der Waals surface area contributed by atoms with Gasteiger partial charge in [-0.05, 0) is 50.7 Å². The Morgan fingerprint density at radius 3 is 2.67 bits per heavy atom. The quantitative estimate of drug-likeness (QED) is 0.251. The molecule has 1 heterocycles. The topological polar surface area (TPSA) is 49.3 Å². The van der Waals surface area contributed by atoms with Crippen LogP contribution in [0.25, 0.3) is 0 Å². The van der Waals surface area contributed by atoms with Crippen molar-refractivity contribution in [2.24, 2.45) is 10.9 Å². The van der Waals surface area contributed by atoms with Crippen molar-refractivity contribution in [2.45, 2.75) is 26.5 Å². The Hall–Kier alpha value is -1.84. The van der Waals surface area contributed by atoms with Crippen LogP contribution in [0.15, 0.2) is 59.6 Å². The molecule has 0 amide bonds. The number of nitrogens with zero attached hydrogens (tertiary/aromatic N) is 3. The monoisotopic (exact) mass is 566 g/mol. The molecule has 1 aliphatic heterocycles. The lowest BCUT2D eigenvalue weighted by Crippen LogP contribution is -2.40. The molecule has 2 aromatic carbocycles. The van der Waals surface area contributed by atoms with Gasteiger partial charge in [-0.15, -0.1) is 24.0 Å². The summed E-state index contributed by atoms with van der Waals surface area (Å²) in [4.78, 5) is 9.38. The summed E-state index contributed by atoms with van der Waals surface area (Å²) in [6.07, 6.45) is 1.13. The summed E-state index contributed by atoms with van der Waals surface area (Å²) in [5.74, 6) is 2.43. The molecule has 1 fully saturated rings. The Morgan fingerprint density at radius 2 is 1.91 bits per heavy atom. The number of likely N-dealkylation sites (tertiary alicyclic amines) is 1. The number of benzene rings is 2. The van der Waals surface area contributed by atoms with E-state index in [0.29, 0.717) is 25.7 Å². The van der Waals surface area contributed by atoms with Crippen molar-refractivity contribution in [1.29, 1.82) is 0 Å². The molecule has 182 valence electrons. The van der Waals surface area contributed by atoms with E-state index in [-0.39, 0.29) is 24.0 Å². The SMILES string of the molecule is CCNC(=NCc1cccc(OCCN(C)C)c1)N1CCC(COCc2ccccc2)C1.I. The van der Waals surface area contributed by atoms with Crippen molar-refractivity contribution in [1.82, 2.24) is 15.1 Å². The third-order valence-corrected chi connectivity index (χ3v) is 5.50. The van der Waals surface area contributed by atoms with Gasteiger partial charge in [-0.2, -0.15) is 0 Å². The average Bonchev–Trinajstić information content (AvgIpc) is 3.26. The number of nitrogens with one attached hydrogen (secondary N) is 1. The van der Waals surface area contributed by atoms with E-state index < -0.39 is 0 Å². The van der Waals surface area contributed by atoms with E-state index in [1.54, 1.807) is 0 Å². The lowest BCUT2D eigenvalue weighted by atomic mass is 10.1. The highest BCUT2D eigenvalue weighted by atomic mass is 127. The van der Waals surface area contributed by atoms with Gasteiger partial charge in [-0.3, -0.25) is 0 Å². The first kappa shape index (κ1) is 27.4. The molecule has 3 rings (SSSR count). The largest absolute Gasteiger partial charge is 0.492 e. The van der Waals surface area contributed by atoms with Gasteiger partial charge in [0.25, 0.3) is 0 Å². The minimum atomic E-state index is 0. The van der Waals surface area contributed by atoms with E-state index in [4.69, 9.17) is 14.5 Å². The van der Waals surface area contributed by atoms with Gasteiger partial charge in [0.05, 0.1) is 19.8 Å². The van der Waals surface area contributed by atoms with Gasteiger partial charge in [-0.1, -0.05) is 42.5 Å². The second-order valence-electron chi connectivity index (χ2n) is 8.57. The van der Waals surface area contributed by atoms with Crippen LogP contribution in [0.4, 0.5) is 0 Å². The zero-order chi connectivity index (χ0) is 22.6. The normalized spacial score (nSPS) is 16.1. The molecule has 0 aliphatic carbocycles. The van der Waals surface area contributed by atoms with Gasteiger partial charge < -0.3 is 24.6 Å². The number of likely N-dealkylation sites (N-methyl/N-ethyl adjacent to an activating group) is 1. The Labute approximate surface area is 216 Å². The molecule has 33 heavy (non-hydrogen) atoms. The van der Waals surface area contributed by atoms with Gasteiger partial charge in [0.1, 0.15) is 12.4 Å². The molecule has 0 bridgehead atoms. The molecule has 1 aliphatic rings. The zero-order valence-corrected chi connectivity index (χ0v) is 22.5. The first-order valence-electron chi connectivity index (χ1n) is 11.7. The maximum absolute atomic E-state index is 5.98. The van der Waals surface area contributed by atoms with Crippen molar-refractivity contribution in [3.8, 4) is 5.75 Å². The molecular formula is C26H39IN4O2. The Bertz CT molecular complexity index is 832. The minimum absolute atomic E-state index is 0. The summed E-state index contributed by atoms with van der Waals surface area (Å²) < 4.78 is 11.8. The van der Waals surface area contributed by atoms with Crippen LogP contribution in [-0.4, -0.2) is 69.2 Å². The zero-order valence-electron chi connectivity index (χ0n) is 20.2. The van der Waals surface area contributed by atoms with E-state index in [9.17, 15) is 0 Å². The van der Waals surface area contributed by atoms with E-state index in [0.717, 1.165) is 56.5 Å². The average molecular weight is 567 g/mol. The molecule has 0 aromatic heterocycles. The van der Waals surface area contributed by atoms with Crippen LogP contribution < -0.4 is 10.1 Å². The maximum atomic E-state index is 5.98. The third-order valence-electron chi connectivity index (χ3n) is 5.50. The van der Waals surface area contributed by atoms with Gasteiger partial charge in [0.2, 0.25) is 0 Å². The van der Waals surface area contributed by atoms with Crippen molar-refractivity contribution in [2.75, 3.05) is 53.5 Å². The van der Waals surface area contributed by atoms with Gasteiger partial charge >= 0.3 is 0 Å². The van der Waals surface area contributed by atoms with Crippen molar-refractivity contribution in [3.63, 3.8) is 0 Å². The fraction of sp³-hybridized carbons (Fsp3) is 0.500. The second kappa shape index (κ2) is 15.1. The Kier molecular flexibility index (Phi) is 12.6. The van der Waals surface area contributed by atoms with Crippen LogP contribution in [0.5, 0.6) is 5.75 Å². The van der Waals surface area contributed by atoms with Gasteiger partial charge in [0, 0.05) is 32.1 Å². The van der Waals surface area contributed by atoms with Crippen LogP contribution in [0.1, 0.15) is 24.5 Å². The third kappa shape index (κ3) is 9.90. The van der Waals surface area contributed by atoms with Crippen molar-refractivity contribution in [3.05, 3.63) is 65.7 Å². The summed E-state index contributed by atoms with van der Waals surface area (Å²) >= 11 is 0. The Balaban J connectivity index is 0.00000385. The van der Waals surface area contributed by atoms with Crippen molar-refractivity contribution < 1.29 is 9.47 Å². The van der Waals surface area contributed by atoms with E-state index >= 15 is 0 Å². The lowest BCUT2D eigenvalue weighted by Gasteiger charge is -2.22. The molecule has 1 N–H and O–H groups in total. The smallest absolute Gasteiger partial charge is 0.194 e. The number of hydrogen-bond acceptors (Lipinski definition) is 4. The molecule has 7 heteroatoms. The standard InChI is InChI=1S/C26H38N4O2.HI/c1-4-27-26(28-18-23-11-8-12-25(17-23)32-16-15-29(2)3)30-14-13-24(19-30)21-31-20-22-9-6-5-7-10-22;/h5-12,17,24H,4,13-16,18-21H2,1-3H3,(H,27,28);1H. The van der Waals surface area contributed by atoms with Crippen LogP contribution in [0, 0.1) is 5.92 Å². The first-order chi connectivity index (χ1) is 15.6. The van der Waals surface area contributed by atoms with E-state index in [1.807, 2.05) is 18.2 Å². The summed E-state index contributed by atoms with van der Waals surface area (Å²) in [6.45, 7) is 8.66. The van der Waals surface area contributed by atoms with Gasteiger partial charge in [0.15, 0.2) is 5.96 Å². The molecule has 2 aromatic rings. The fourth-order valence-corrected chi connectivity index (χ4v) is 3.75. The van der Waals surface area contributed by atoms with E-state index in [2.05, 4.69) is 72.5 Å². The summed E-state index contributed by atoms with van der Waals surface area (Å²) in [7, 11) is 4.10. The number of aliphatic imine (C=N–C) groups is 1. The van der Waals surface area contributed by atoms with E-state index in [1.165, 1.54) is 5.56 Å². The molecule has 1 atom stereocenters. The second-order valence-corrected chi connectivity index (χ2v) is 8.57. The lowest BCUT2D eigenvalue weighted by molar-refractivity contribution is 0.0906. The van der Waals surface area contributed by atoms with Crippen LogP contribution >= 0.6 is 24.0 Å². The number of guanidine groups is 1. The summed E-state index contributed by atoms with van der Waals surface area (Å²) in [5, 5.41) is 3.46. The van der Waals surface area contributed by atoms with Crippen molar-refractivity contribution >= 4 is 29.9 Å². The number of rotatable bonds is 11. The highest BCUT2D eigenvalue weighted by molar-refractivity contribution is 14.0. The number of hydrogen-bond donors (Lipinski definition) is 1. The highest BCUT2D eigenvalue weighted by Gasteiger charge is 2.25. The number of ether oxygens (including phenoxy) is 2. The molecule has 0 spiro atoms. The minimum Gasteiger partial charge on any atom is -0.492 e. The highest BCUT2D eigenvalue weighted by Crippen LogP contribution is 2.18. The van der Waals surface area contributed by atoms with Crippen LogP contribution in [0.2, 0.25) is 0 Å². The fourth-order valence-electron chi connectivity index (χ4n) is 3.75. The molecule has 1 unspecified atom stereocenters. The molecule has 0 saturated carbocycles. The predicted molar refractivity (Wildman–Crippen MR) is 146 cm³/mol. The molecule has 6 nitrogen and oxygen atoms in total. The van der Waals surface area contributed by atoms with Crippen LogP contribution in [-0.2, 0) is 17.9 Å². The molecular weight excluding hydrogens is 527 g/mol. The summed E-state index contributed by atoms with van der Waals surface area (Å²) in [6, 6.07) is 18.6. The van der Waals surface area contributed by atoms with Crippen LogP contribution in [0.3, 0.4) is 0 Å². The summed E-state index contributed by atoms with van der Waals surface area (Å²) in [5.41, 5.74) is 2.38. The van der Waals surface area contributed by atoms with Gasteiger partial charge in [-0.25, -0.2) is 4.99 Å². The number of halogens is 1. The molecule has 1 saturated heterocycles. The Morgan fingerprint density at radius 1 is 1.12 bits per heavy atom. The maximum Gasteiger partial charge on any atom is 0.194 e. The molecule has 0 radical (unpaired) electrons.